The van der Waals surface area contributed by atoms with Crippen molar-refractivity contribution in [3.05, 3.63) is 59.7 Å². The summed E-state index contributed by atoms with van der Waals surface area (Å²) in [4.78, 5) is 66.1. The van der Waals surface area contributed by atoms with Gasteiger partial charge in [-0.15, -0.1) is 11.8 Å². The number of ether oxygens (including phenoxy) is 1. The van der Waals surface area contributed by atoms with Gasteiger partial charge in [-0.2, -0.15) is 0 Å². The molecule has 0 saturated heterocycles. The number of carboxylic acids is 1. The number of carbonyl (C=O) groups is 5. The summed E-state index contributed by atoms with van der Waals surface area (Å²) >= 11 is 1.41. The van der Waals surface area contributed by atoms with E-state index in [0.29, 0.717) is 41.8 Å². The first-order valence-electron chi connectivity index (χ1n) is 12.4. The van der Waals surface area contributed by atoms with Crippen LogP contribution in [0.15, 0.2) is 53.4 Å². The number of hydrogen-bond acceptors (Lipinski definition) is 8. The van der Waals surface area contributed by atoms with Gasteiger partial charge in [0.15, 0.2) is 0 Å². The molecule has 0 unspecified atom stereocenters. The molecular weight excluding hydrogens is 510 g/mol. The average Bonchev–Trinajstić information content (AvgIpc) is 3.07. The Morgan fingerprint density at radius 2 is 1.68 bits per heavy atom. The maximum absolute atomic E-state index is 13.4. The smallest absolute Gasteiger partial charge is 0.323 e. The molecule has 0 fully saturated rings. The Morgan fingerprint density at radius 3 is 2.34 bits per heavy atom. The number of rotatable bonds is 11. The summed E-state index contributed by atoms with van der Waals surface area (Å²) in [7, 11) is 0. The van der Waals surface area contributed by atoms with Crippen molar-refractivity contribution >= 4 is 47.1 Å². The Balaban J connectivity index is 1.41. The fraction of sp³-hybridized carbons (Fsp3) is 0.370. The molecule has 10 nitrogen and oxygen atoms in total. The average molecular weight is 540 g/mol. The van der Waals surface area contributed by atoms with E-state index in [9.17, 15) is 29.1 Å². The van der Waals surface area contributed by atoms with Crippen LogP contribution >= 0.6 is 11.8 Å². The number of thioether (sulfide) groups is 1. The van der Waals surface area contributed by atoms with Crippen molar-refractivity contribution in [2.75, 3.05) is 30.3 Å². The molecule has 2 aromatic carbocycles. The Morgan fingerprint density at radius 1 is 1.03 bits per heavy atom. The number of nitrogens with zero attached hydrogens (tertiary/aromatic N) is 2. The van der Waals surface area contributed by atoms with Crippen LogP contribution in [0.25, 0.3) is 0 Å². The summed E-state index contributed by atoms with van der Waals surface area (Å²) in [5, 5.41) is 12.5. The fourth-order valence-electron chi connectivity index (χ4n) is 4.59. The zero-order valence-electron chi connectivity index (χ0n) is 20.9. The lowest BCUT2D eigenvalue weighted by Gasteiger charge is -2.27. The lowest BCUT2D eigenvalue weighted by Crippen LogP contribution is -2.54. The van der Waals surface area contributed by atoms with E-state index < -0.39 is 36.5 Å². The second-order valence-corrected chi connectivity index (χ2v) is 9.99. The highest BCUT2D eigenvalue weighted by Gasteiger charge is 2.36. The van der Waals surface area contributed by atoms with E-state index >= 15 is 0 Å². The van der Waals surface area contributed by atoms with Crippen molar-refractivity contribution in [1.82, 2.24) is 10.2 Å². The largest absolute Gasteiger partial charge is 0.480 e. The monoisotopic (exact) mass is 539 g/mol. The molecule has 2 aliphatic heterocycles. The van der Waals surface area contributed by atoms with E-state index in [1.54, 1.807) is 43.3 Å². The van der Waals surface area contributed by atoms with Gasteiger partial charge in [0.1, 0.15) is 12.6 Å². The van der Waals surface area contributed by atoms with Crippen LogP contribution in [0.2, 0.25) is 0 Å². The first-order chi connectivity index (χ1) is 18.3. The number of aliphatic carboxylic acids is 1. The number of nitrogens with one attached hydrogen (secondary N) is 1. The summed E-state index contributed by atoms with van der Waals surface area (Å²) in [5.74, 6) is -2.46. The quantitative estimate of drug-likeness (QED) is 0.251. The molecule has 38 heavy (non-hydrogen) atoms. The highest BCUT2D eigenvalue weighted by molar-refractivity contribution is 7.99. The van der Waals surface area contributed by atoms with Crippen LogP contribution in [-0.4, -0.2) is 77.2 Å². The Labute approximate surface area is 224 Å². The number of benzene rings is 2. The van der Waals surface area contributed by atoms with Gasteiger partial charge >= 0.3 is 11.9 Å². The van der Waals surface area contributed by atoms with Crippen molar-refractivity contribution in [2.45, 2.75) is 43.2 Å². The van der Waals surface area contributed by atoms with Gasteiger partial charge in [-0.3, -0.25) is 39.1 Å². The van der Waals surface area contributed by atoms with E-state index in [1.807, 2.05) is 12.1 Å². The molecule has 200 valence electrons. The topological polar surface area (TPSA) is 133 Å². The Bertz CT molecular complexity index is 1220. The number of imide groups is 1. The third-order valence-corrected chi connectivity index (χ3v) is 7.55. The molecule has 3 amide bonds. The van der Waals surface area contributed by atoms with Crippen LogP contribution in [0.4, 0.5) is 5.69 Å². The number of carboxylic acid groups (broad SMARTS) is 1. The van der Waals surface area contributed by atoms with Gasteiger partial charge in [0.25, 0.3) is 11.8 Å². The number of anilines is 1. The minimum Gasteiger partial charge on any atom is -0.480 e. The van der Waals surface area contributed by atoms with Gasteiger partial charge < -0.3 is 9.84 Å². The first kappa shape index (κ1) is 27.3. The number of esters is 1. The maximum Gasteiger partial charge on any atom is 0.323 e. The second kappa shape index (κ2) is 12.2. The molecule has 4 rings (SSSR count). The molecule has 0 spiro atoms. The molecule has 2 aromatic rings. The third kappa shape index (κ3) is 5.89. The van der Waals surface area contributed by atoms with Crippen LogP contribution in [0.1, 0.15) is 46.9 Å². The molecule has 0 bridgehead atoms. The van der Waals surface area contributed by atoms with E-state index in [4.69, 9.17) is 4.74 Å². The molecule has 2 N–H and O–H groups in total. The summed E-state index contributed by atoms with van der Waals surface area (Å²) in [5.41, 5.74) is 1.29. The SMILES string of the molecule is CCOC(=O)[C@H](CCCCN1C(=O)c2ccccc2C1=O)N[C@H]1CSc2ccccc2N(CC(=O)O)C1=O. The van der Waals surface area contributed by atoms with Gasteiger partial charge in [-0.1, -0.05) is 24.3 Å². The highest BCUT2D eigenvalue weighted by atomic mass is 32.2. The Hall–Kier alpha value is -3.70. The number of fused-ring (bicyclic) bond motifs is 2. The predicted octanol–water partition coefficient (Wildman–Crippen LogP) is 2.57. The molecule has 2 heterocycles. The summed E-state index contributed by atoms with van der Waals surface area (Å²) in [6.45, 7) is 1.56. The van der Waals surface area contributed by atoms with Gasteiger partial charge in [0.05, 0.1) is 29.5 Å². The van der Waals surface area contributed by atoms with Crippen LogP contribution < -0.4 is 10.2 Å². The minimum absolute atomic E-state index is 0.163. The molecule has 0 aliphatic carbocycles. The number of para-hydroxylation sites is 1. The van der Waals surface area contributed by atoms with Crippen LogP contribution in [0.3, 0.4) is 0 Å². The van der Waals surface area contributed by atoms with Gasteiger partial charge in [-0.25, -0.2) is 0 Å². The lowest BCUT2D eigenvalue weighted by molar-refractivity contribution is -0.146. The fourth-order valence-corrected chi connectivity index (χ4v) is 5.67. The van der Waals surface area contributed by atoms with Crippen molar-refractivity contribution in [3.8, 4) is 0 Å². The van der Waals surface area contributed by atoms with E-state index in [2.05, 4.69) is 5.32 Å². The maximum atomic E-state index is 13.4. The molecule has 0 saturated carbocycles. The van der Waals surface area contributed by atoms with E-state index in [-0.39, 0.29) is 25.0 Å². The molecule has 0 radical (unpaired) electrons. The molecule has 0 aromatic heterocycles. The summed E-state index contributed by atoms with van der Waals surface area (Å²) < 4.78 is 5.23. The third-order valence-electron chi connectivity index (χ3n) is 6.40. The van der Waals surface area contributed by atoms with E-state index in [1.165, 1.54) is 21.6 Å². The highest BCUT2D eigenvalue weighted by Crippen LogP contribution is 2.34. The molecule has 2 atom stereocenters. The van der Waals surface area contributed by atoms with Crippen LogP contribution in [0.5, 0.6) is 0 Å². The normalized spacial score (nSPS) is 17.6. The van der Waals surface area contributed by atoms with Crippen LogP contribution in [0, 0.1) is 0 Å². The first-order valence-corrected chi connectivity index (χ1v) is 13.4. The van der Waals surface area contributed by atoms with E-state index in [0.717, 1.165) is 4.90 Å². The van der Waals surface area contributed by atoms with Gasteiger partial charge in [0, 0.05) is 17.2 Å². The number of amides is 3. The number of carbonyl (C=O) groups excluding carboxylic acids is 4. The zero-order valence-corrected chi connectivity index (χ0v) is 21.7. The van der Waals surface area contributed by atoms with Crippen LogP contribution in [-0.2, 0) is 19.1 Å². The zero-order chi connectivity index (χ0) is 27.2. The minimum atomic E-state index is -1.14. The summed E-state index contributed by atoms with van der Waals surface area (Å²) in [6.07, 6.45) is 1.26. The summed E-state index contributed by atoms with van der Waals surface area (Å²) in [6, 6.07) is 12.1. The Kier molecular flexibility index (Phi) is 8.80. The molecule has 2 aliphatic rings. The standard InChI is InChI=1S/C27H29N3O7S/c1-2-37-27(36)19(11-7-8-14-29-24(33)17-9-3-4-10-18(17)25(29)34)28-20-16-38-22-13-6-5-12-21(22)30(26(20)35)15-23(31)32/h3-6,9-10,12-13,19-20,28H,2,7-8,11,14-16H2,1H3,(H,31,32)/t19-,20-/m0/s1. The van der Waals surface area contributed by atoms with Crippen molar-refractivity contribution in [1.29, 1.82) is 0 Å². The van der Waals surface area contributed by atoms with Gasteiger partial charge in [-0.05, 0) is 50.5 Å². The predicted molar refractivity (Wildman–Crippen MR) is 140 cm³/mol. The lowest BCUT2D eigenvalue weighted by atomic mass is 10.1. The van der Waals surface area contributed by atoms with Crippen molar-refractivity contribution < 1.29 is 33.8 Å². The number of unbranched alkanes of at least 4 members (excludes halogenated alkanes) is 1. The van der Waals surface area contributed by atoms with Crippen molar-refractivity contribution in [2.24, 2.45) is 0 Å². The molecular formula is C27H29N3O7S. The van der Waals surface area contributed by atoms with Crippen molar-refractivity contribution in [3.63, 3.8) is 0 Å². The molecule has 11 heteroatoms. The van der Waals surface area contributed by atoms with Gasteiger partial charge in [0.2, 0.25) is 5.91 Å². The second-order valence-electron chi connectivity index (χ2n) is 8.92. The number of hydrogen-bond donors (Lipinski definition) is 2.